The Morgan fingerprint density at radius 3 is 2.68 bits per heavy atom. The van der Waals surface area contributed by atoms with E-state index in [0.717, 1.165) is 5.56 Å². The van der Waals surface area contributed by atoms with E-state index in [2.05, 4.69) is 25.8 Å². The zero-order chi connectivity index (χ0) is 13.7. The van der Waals surface area contributed by atoms with Crippen molar-refractivity contribution in [3.8, 4) is 0 Å². The number of nitrogens with two attached hydrogens (primary N) is 1. The molecule has 0 aliphatic rings. The molecule has 19 heavy (non-hydrogen) atoms. The first-order valence-corrected chi connectivity index (χ1v) is 5.92. The van der Waals surface area contributed by atoms with Crippen LogP contribution >= 0.6 is 0 Å². The SMILES string of the molecule is Cc1ccc(C(=O)NCCNc2n[nH]c(N)n2)cc1. The first kappa shape index (κ1) is 12.9. The number of nitrogen functional groups attached to an aromatic ring is 1. The Morgan fingerprint density at radius 1 is 1.32 bits per heavy atom. The lowest BCUT2D eigenvalue weighted by molar-refractivity contribution is 0.0955. The van der Waals surface area contributed by atoms with Crippen LogP contribution in [0.5, 0.6) is 0 Å². The van der Waals surface area contributed by atoms with Crippen LogP contribution < -0.4 is 16.4 Å². The molecule has 0 aliphatic heterocycles. The fourth-order valence-corrected chi connectivity index (χ4v) is 1.51. The molecule has 0 unspecified atom stereocenters. The normalized spacial score (nSPS) is 10.2. The Hall–Kier alpha value is -2.57. The van der Waals surface area contributed by atoms with Crippen LogP contribution in [0.15, 0.2) is 24.3 Å². The number of carbonyl (C=O) groups excluding carboxylic acids is 1. The van der Waals surface area contributed by atoms with E-state index in [1.807, 2.05) is 19.1 Å². The summed E-state index contributed by atoms with van der Waals surface area (Å²) in [6, 6.07) is 7.41. The Bertz CT molecular complexity index is 548. The van der Waals surface area contributed by atoms with Gasteiger partial charge in [0.1, 0.15) is 0 Å². The highest BCUT2D eigenvalue weighted by Gasteiger charge is 2.04. The average molecular weight is 260 g/mol. The number of benzene rings is 1. The van der Waals surface area contributed by atoms with Crippen LogP contribution in [-0.4, -0.2) is 34.2 Å². The van der Waals surface area contributed by atoms with Crippen LogP contribution in [0.2, 0.25) is 0 Å². The topological polar surface area (TPSA) is 109 Å². The van der Waals surface area contributed by atoms with Gasteiger partial charge in [-0.1, -0.05) is 17.7 Å². The van der Waals surface area contributed by atoms with Crippen LogP contribution in [0, 0.1) is 6.92 Å². The second-order valence-electron chi connectivity index (χ2n) is 4.09. The maximum atomic E-state index is 11.8. The summed E-state index contributed by atoms with van der Waals surface area (Å²) in [6.45, 7) is 2.98. The quantitative estimate of drug-likeness (QED) is 0.587. The van der Waals surface area contributed by atoms with Crippen molar-refractivity contribution in [2.24, 2.45) is 0 Å². The molecule has 0 fully saturated rings. The van der Waals surface area contributed by atoms with Crippen molar-refractivity contribution in [3.05, 3.63) is 35.4 Å². The predicted molar refractivity (Wildman–Crippen MR) is 72.8 cm³/mol. The van der Waals surface area contributed by atoms with E-state index in [0.29, 0.717) is 24.6 Å². The van der Waals surface area contributed by atoms with Gasteiger partial charge < -0.3 is 16.4 Å². The van der Waals surface area contributed by atoms with Crippen LogP contribution in [0.1, 0.15) is 15.9 Å². The lowest BCUT2D eigenvalue weighted by atomic mass is 10.1. The molecule has 0 bridgehead atoms. The second kappa shape index (κ2) is 5.85. The molecule has 1 aromatic carbocycles. The number of amides is 1. The highest BCUT2D eigenvalue weighted by molar-refractivity contribution is 5.94. The number of anilines is 2. The molecule has 100 valence electrons. The number of nitrogens with zero attached hydrogens (tertiary/aromatic N) is 2. The van der Waals surface area contributed by atoms with Crippen LogP contribution in [0.4, 0.5) is 11.9 Å². The van der Waals surface area contributed by atoms with E-state index in [-0.39, 0.29) is 11.9 Å². The summed E-state index contributed by atoms with van der Waals surface area (Å²) < 4.78 is 0. The minimum atomic E-state index is -0.101. The molecular formula is C12H16N6O. The van der Waals surface area contributed by atoms with Gasteiger partial charge in [-0.3, -0.25) is 4.79 Å². The summed E-state index contributed by atoms with van der Waals surface area (Å²) >= 11 is 0. The summed E-state index contributed by atoms with van der Waals surface area (Å²) in [5, 5.41) is 12.1. The highest BCUT2D eigenvalue weighted by atomic mass is 16.1. The number of H-pyrrole nitrogens is 1. The minimum absolute atomic E-state index is 0.101. The minimum Gasteiger partial charge on any atom is -0.368 e. The molecule has 7 nitrogen and oxygen atoms in total. The Morgan fingerprint density at radius 2 is 2.05 bits per heavy atom. The third kappa shape index (κ3) is 3.70. The standard InChI is InChI=1S/C12H16N6O/c1-8-2-4-9(5-3-8)10(19)14-6-7-15-12-16-11(13)17-18-12/h2-5H,6-7H2,1H3,(H,14,19)(H4,13,15,16,17,18). The van der Waals surface area contributed by atoms with E-state index in [9.17, 15) is 4.79 Å². The Balaban J connectivity index is 1.73. The van der Waals surface area contributed by atoms with Crippen molar-refractivity contribution < 1.29 is 4.79 Å². The van der Waals surface area contributed by atoms with Gasteiger partial charge >= 0.3 is 0 Å². The van der Waals surface area contributed by atoms with E-state index in [1.54, 1.807) is 12.1 Å². The molecule has 0 spiro atoms. The van der Waals surface area contributed by atoms with Gasteiger partial charge in [0.05, 0.1) is 0 Å². The molecule has 0 radical (unpaired) electrons. The summed E-state index contributed by atoms with van der Waals surface area (Å²) in [7, 11) is 0. The van der Waals surface area contributed by atoms with E-state index in [1.165, 1.54) is 0 Å². The van der Waals surface area contributed by atoms with Crippen molar-refractivity contribution >= 4 is 17.8 Å². The zero-order valence-corrected chi connectivity index (χ0v) is 10.6. The molecule has 0 saturated carbocycles. The largest absolute Gasteiger partial charge is 0.368 e. The van der Waals surface area contributed by atoms with Crippen molar-refractivity contribution in [1.29, 1.82) is 0 Å². The number of carbonyl (C=O) groups is 1. The third-order valence-corrected chi connectivity index (χ3v) is 2.51. The van der Waals surface area contributed by atoms with Crippen molar-refractivity contribution in [2.45, 2.75) is 6.92 Å². The molecule has 1 heterocycles. The van der Waals surface area contributed by atoms with E-state index < -0.39 is 0 Å². The van der Waals surface area contributed by atoms with E-state index >= 15 is 0 Å². The first-order chi connectivity index (χ1) is 9.15. The fourth-order valence-electron chi connectivity index (χ4n) is 1.51. The van der Waals surface area contributed by atoms with Gasteiger partial charge in [-0.05, 0) is 19.1 Å². The summed E-state index contributed by atoms with van der Waals surface area (Å²) in [6.07, 6.45) is 0. The number of rotatable bonds is 5. The maximum absolute atomic E-state index is 11.8. The van der Waals surface area contributed by atoms with Gasteiger partial charge in [-0.25, -0.2) is 5.10 Å². The highest BCUT2D eigenvalue weighted by Crippen LogP contribution is 2.02. The lowest BCUT2D eigenvalue weighted by Gasteiger charge is -2.05. The third-order valence-electron chi connectivity index (χ3n) is 2.51. The van der Waals surface area contributed by atoms with Crippen molar-refractivity contribution in [3.63, 3.8) is 0 Å². The number of aromatic amines is 1. The number of hydrogen-bond donors (Lipinski definition) is 4. The molecule has 0 saturated heterocycles. The number of hydrogen-bond acceptors (Lipinski definition) is 5. The van der Waals surface area contributed by atoms with Crippen LogP contribution in [0.3, 0.4) is 0 Å². The second-order valence-corrected chi connectivity index (χ2v) is 4.09. The van der Waals surface area contributed by atoms with Crippen LogP contribution in [-0.2, 0) is 0 Å². The molecule has 2 aromatic rings. The monoisotopic (exact) mass is 260 g/mol. The Kier molecular flexibility index (Phi) is 3.97. The van der Waals surface area contributed by atoms with Crippen molar-refractivity contribution in [2.75, 3.05) is 24.1 Å². The molecule has 0 aliphatic carbocycles. The number of aromatic nitrogens is 3. The number of nitrogens with one attached hydrogen (secondary N) is 3. The fraction of sp³-hybridized carbons (Fsp3) is 0.250. The van der Waals surface area contributed by atoms with Gasteiger partial charge in [0, 0.05) is 18.7 Å². The summed E-state index contributed by atoms with van der Waals surface area (Å²) in [4.78, 5) is 15.7. The molecular weight excluding hydrogens is 244 g/mol. The number of aryl methyl sites for hydroxylation is 1. The predicted octanol–water partition coefficient (Wildman–Crippen LogP) is 0.537. The smallest absolute Gasteiger partial charge is 0.251 e. The lowest BCUT2D eigenvalue weighted by Crippen LogP contribution is -2.28. The zero-order valence-electron chi connectivity index (χ0n) is 10.6. The van der Waals surface area contributed by atoms with Gasteiger partial charge in [0.25, 0.3) is 5.91 Å². The van der Waals surface area contributed by atoms with E-state index in [4.69, 9.17) is 5.73 Å². The van der Waals surface area contributed by atoms with Gasteiger partial charge in [-0.2, -0.15) is 4.98 Å². The van der Waals surface area contributed by atoms with Crippen LogP contribution in [0.25, 0.3) is 0 Å². The maximum Gasteiger partial charge on any atom is 0.251 e. The molecule has 1 aromatic heterocycles. The summed E-state index contributed by atoms with van der Waals surface area (Å²) in [5.41, 5.74) is 7.15. The average Bonchev–Trinajstić information content (AvgIpc) is 2.81. The molecule has 0 atom stereocenters. The van der Waals surface area contributed by atoms with Gasteiger partial charge in [0.2, 0.25) is 11.9 Å². The van der Waals surface area contributed by atoms with Gasteiger partial charge in [0.15, 0.2) is 0 Å². The molecule has 7 heteroatoms. The molecule has 2 rings (SSSR count). The molecule has 5 N–H and O–H groups in total. The summed E-state index contributed by atoms with van der Waals surface area (Å²) in [5.74, 6) is 0.574. The van der Waals surface area contributed by atoms with Gasteiger partial charge in [-0.15, -0.1) is 5.10 Å². The molecule has 1 amide bonds. The first-order valence-electron chi connectivity index (χ1n) is 5.92. The van der Waals surface area contributed by atoms with Crippen molar-refractivity contribution in [1.82, 2.24) is 20.5 Å². The Labute approximate surface area is 110 Å².